The predicted octanol–water partition coefficient (Wildman–Crippen LogP) is 2.10. The number of hydrogen-bond acceptors (Lipinski definition) is 3. The standard InChI is InChI=1S/C9H15N2O/c1-3-5-6-11(4-2)9-7-10-12-8-9/h8H,3-6H2,1-2H3. The normalized spacial score (nSPS) is 10.2. The van der Waals surface area contributed by atoms with Crippen LogP contribution in [0.25, 0.3) is 0 Å². The van der Waals surface area contributed by atoms with Crippen LogP contribution in [-0.2, 0) is 0 Å². The fourth-order valence-corrected chi connectivity index (χ4v) is 1.12. The van der Waals surface area contributed by atoms with E-state index >= 15 is 0 Å². The fraction of sp³-hybridized carbons (Fsp3) is 0.667. The number of aromatic nitrogens is 1. The molecule has 1 aromatic rings. The van der Waals surface area contributed by atoms with E-state index in [1.165, 1.54) is 12.8 Å². The molecular formula is C9H15N2O. The molecule has 0 N–H and O–H groups in total. The lowest BCUT2D eigenvalue weighted by molar-refractivity contribution is 0.418. The zero-order chi connectivity index (χ0) is 8.81. The van der Waals surface area contributed by atoms with Gasteiger partial charge in [-0.05, 0) is 13.3 Å². The van der Waals surface area contributed by atoms with Crippen LogP contribution in [0.2, 0.25) is 0 Å². The Kier molecular flexibility index (Phi) is 3.64. The molecule has 0 unspecified atom stereocenters. The van der Waals surface area contributed by atoms with E-state index in [1.54, 1.807) is 6.26 Å². The third-order valence-electron chi connectivity index (χ3n) is 1.88. The summed E-state index contributed by atoms with van der Waals surface area (Å²) in [4.78, 5) is 2.21. The third-order valence-corrected chi connectivity index (χ3v) is 1.88. The van der Waals surface area contributed by atoms with Crippen LogP contribution >= 0.6 is 0 Å². The molecule has 0 atom stereocenters. The molecule has 1 aromatic heterocycles. The van der Waals surface area contributed by atoms with Gasteiger partial charge in [-0.25, -0.2) is 0 Å². The van der Waals surface area contributed by atoms with Gasteiger partial charge in [-0.1, -0.05) is 18.5 Å². The van der Waals surface area contributed by atoms with E-state index in [0.29, 0.717) is 0 Å². The number of nitrogens with zero attached hydrogens (tertiary/aromatic N) is 2. The molecule has 0 saturated carbocycles. The second-order valence-electron chi connectivity index (χ2n) is 2.74. The highest BCUT2D eigenvalue weighted by Crippen LogP contribution is 2.11. The van der Waals surface area contributed by atoms with Crippen LogP contribution in [0, 0.1) is 6.20 Å². The third kappa shape index (κ3) is 2.26. The number of unbranched alkanes of at least 4 members (excludes halogenated alkanes) is 1. The quantitative estimate of drug-likeness (QED) is 0.672. The Morgan fingerprint density at radius 2 is 2.42 bits per heavy atom. The van der Waals surface area contributed by atoms with Gasteiger partial charge in [0.1, 0.15) is 12.0 Å². The summed E-state index contributed by atoms with van der Waals surface area (Å²) in [6.07, 6.45) is 6.86. The van der Waals surface area contributed by atoms with Gasteiger partial charge in [0, 0.05) is 13.1 Å². The largest absolute Gasteiger partial charge is 0.367 e. The first-order valence-electron chi connectivity index (χ1n) is 4.45. The van der Waals surface area contributed by atoms with Crippen molar-refractivity contribution in [2.24, 2.45) is 0 Å². The minimum Gasteiger partial charge on any atom is -0.367 e. The maximum absolute atomic E-state index is 4.73. The van der Waals surface area contributed by atoms with Crippen LogP contribution in [0.15, 0.2) is 10.8 Å². The summed E-state index contributed by atoms with van der Waals surface area (Å²) in [5, 5.41) is 3.56. The monoisotopic (exact) mass is 167 g/mol. The van der Waals surface area contributed by atoms with Crippen molar-refractivity contribution in [1.82, 2.24) is 5.16 Å². The van der Waals surface area contributed by atoms with Gasteiger partial charge in [-0.3, -0.25) is 0 Å². The highest BCUT2D eigenvalue weighted by Gasteiger charge is 2.04. The lowest BCUT2D eigenvalue weighted by atomic mass is 10.3. The predicted molar refractivity (Wildman–Crippen MR) is 48.1 cm³/mol. The van der Waals surface area contributed by atoms with Gasteiger partial charge in [0.05, 0.1) is 0 Å². The molecule has 0 aliphatic carbocycles. The summed E-state index contributed by atoms with van der Waals surface area (Å²) in [6.45, 7) is 6.35. The van der Waals surface area contributed by atoms with E-state index in [-0.39, 0.29) is 0 Å². The van der Waals surface area contributed by atoms with Crippen LogP contribution in [-0.4, -0.2) is 18.2 Å². The maximum atomic E-state index is 4.73. The van der Waals surface area contributed by atoms with Crippen LogP contribution in [0.1, 0.15) is 26.7 Å². The van der Waals surface area contributed by atoms with Crippen molar-refractivity contribution in [2.75, 3.05) is 18.0 Å². The molecule has 1 radical (unpaired) electrons. The summed E-state index contributed by atoms with van der Waals surface area (Å²) in [6, 6.07) is 0. The Bertz CT molecular complexity index is 196. The van der Waals surface area contributed by atoms with Gasteiger partial charge in [-0.2, -0.15) is 0 Å². The first-order chi connectivity index (χ1) is 5.88. The highest BCUT2D eigenvalue weighted by atomic mass is 16.5. The first kappa shape index (κ1) is 9.10. The molecule has 67 valence electrons. The van der Waals surface area contributed by atoms with Gasteiger partial charge in [0.25, 0.3) is 0 Å². The average Bonchev–Trinajstić information content (AvgIpc) is 2.59. The van der Waals surface area contributed by atoms with E-state index in [2.05, 4.69) is 30.1 Å². The number of hydrogen-bond donors (Lipinski definition) is 0. The zero-order valence-electron chi connectivity index (χ0n) is 7.71. The fourth-order valence-electron chi connectivity index (χ4n) is 1.12. The molecule has 0 aromatic carbocycles. The topological polar surface area (TPSA) is 29.3 Å². The smallest absolute Gasteiger partial charge is 0.161 e. The molecule has 0 aliphatic rings. The van der Waals surface area contributed by atoms with Crippen molar-refractivity contribution >= 4 is 5.69 Å². The second kappa shape index (κ2) is 4.80. The molecule has 0 amide bonds. The average molecular weight is 167 g/mol. The van der Waals surface area contributed by atoms with Crippen LogP contribution in [0.5, 0.6) is 0 Å². The van der Waals surface area contributed by atoms with Crippen molar-refractivity contribution in [2.45, 2.75) is 26.7 Å². The van der Waals surface area contributed by atoms with Crippen molar-refractivity contribution < 1.29 is 4.52 Å². The van der Waals surface area contributed by atoms with Crippen molar-refractivity contribution in [1.29, 1.82) is 0 Å². The molecule has 1 heterocycles. The van der Waals surface area contributed by atoms with Gasteiger partial charge in [0.15, 0.2) is 6.20 Å². The molecule has 3 nitrogen and oxygen atoms in total. The summed E-state index contributed by atoms with van der Waals surface area (Å²) >= 11 is 0. The Balaban J connectivity index is 2.45. The Morgan fingerprint density at radius 3 is 2.92 bits per heavy atom. The molecule has 0 spiro atoms. The van der Waals surface area contributed by atoms with E-state index in [4.69, 9.17) is 4.52 Å². The molecule has 3 heteroatoms. The summed E-state index contributed by atoms with van der Waals surface area (Å²) in [7, 11) is 0. The molecule has 0 aliphatic heterocycles. The Morgan fingerprint density at radius 1 is 1.58 bits per heavy atom. The van der Waals surface area contributed by atoms with Gasteiger partial charge in [0.2, 0.25) is 0 Å². The highest BCUT2D eigenvalue weighted by molar-refractivity contribution is 5.39. The summed E-state index contributed by atoms with van der Waals surface area (Å²) in [5.74, 6) is 0. The van der Waals surface area contributed by atoms with Crippen LogP contribution in [0.4, 0.5) is 5.69 Å². The minimum atomic E-state index is 0.964. The van der Waals surface area contributed by atoms with Crippen molar-refractivity contribution in [3.8, 4) is 0 Å². The molecule has 0 fully saturated rings. The van der Waals surface area contributed by atoms with E-state index in [9.17, 15) is 0 Å². The molecule has 0 bridgehead atoms. The minimum absolute atomic E-state index is 0.964. The van der Waals surface area contributed by atoms with Crippen LogP contribution < -0.4 is 4.90 Å². The Labute approximate surface area is 73.3 Å². The number of anilines is 1. The van der Waals surface area contributed by atoms with Gasteiger partial charge < -0.3 is 9.42 Å². The maximum Gasteiger partial charge on any atom is 0.161 e. The molecule has 12 heavy (non-hydrogen) atoms. The second-order valence-corrected chi connectivity index (χ2v) is 2.74. The summed E-state index contributed by atoms with van der Waals surface area (Å²) in [5.41, 5.74) is 0.964. The van der Waals surface area contributed by atoms with Crippen molar-refractivity contribution in [3.63, 3.8) is 0 Å². The zero-order valence-corrected chi connectivity index (χ0v) is 7.71. The molecule has 0 saturated heterocycles. The lowest BCUT2D eigenvalue weighted by Gasteiger charge is -2.19. The van der Waals surface area contributed by atoms with Crippen molar-refractivity contribution in [3.05, 3.63) is 12.5 Å². The van der Waals surface area contributed by atoms with Gasteiger partial charge in [-0.15, -0.1) is 0 Å². The van der Waals surface area contributed by atoms with Gasteiger partial charge >= 0.3 is 0 Å². The van der Waals surface area contributed by atoms with E-state index in [0.717, 1.165) is 18.8 Å². The lowest BCUT2D eigenvalue weighted by Crippen LogP contribution is -2.23. The first-order valence-corrected chi connectivity index (χ1v) is 4.45. The molecule has 1 rings (SSSR count). The van der Waals surface area contributed by atoms with Crippen LogP contribution in [0.3, 0.4) is 0 Å². The Hall–Kier alpha value is -0.990. The SMILES string of the molecule is CCCCN(CC)c1[c]noc1. The molecular weight excluding hydrogens is 152 g/mol. The van der Waals surface area contributed by atoms with E-state index in [1.807, 2.05) is 0 Å². The number of rotatable bonds is 5. The summed E-state index contributed by atoms with van der Waals surface area (Å²) < 4.78 is 4.73. The van der Waals surface area contributed by atoms with E-state index < -0.39 is 0 Å².